The number of aromatic nitrogens is 2. The first-order chi connectivity index (χ1) is 12.5. The van der Waals surface area contributed by atoms with Gasteiger partial charge in [-0.15, -0.1) is 10.2 Å². The fraction of sp³-hybridized carbons (Fsp3) is 0.263. The molecule has 1 atom stereocenters. The van der Waals surface area contributed by atoms with Crippen LogP contribution in [-0.4, -0.2) is 27.4 Å². The Morgan fingerprint density at radius 2 is 1.69 bits per heavy atom. The number of fused-ring (bicyclic) bond motifs is 1. The average molecular weight is 357 g/mol. The second-order valence-electron chi connectivity index (χ2n) is 6.72. The van der Waals surface area contributed by atoms with Gasteiger partial charge in [0.05, 0.1) is 6.61 Å². The summed E-state index contributed by atoms with van der Waals surface area (Å²) in [5.41, 5.74) is 8.83. The van der Waals surface area contributed by atoms with Gasteiger partial charge in [-0.25, -0.2) is 8.78 Å². The maximum atomic E-state index is 13.4. The van der Waals surface area contributed by atoms with Gasteiger partial charge in [0.2, 0.25) is 11.8 Å². The predicted octanol–water partition coefficient (Wildman–Crippen LogP) is 2.86. The van der Waals surface area contributed by atoms with Crippen LogP contribution in [0.5, 0.6) is 0 Å². The van der Waals surface area contributed by atoms with Crippen LogP contribution in [0.15, 0.2) is 40.8 Å². The number of halogens is 2. The van der Waals surface area contributed by atoms with E-state index in [2.05, 4.69) is 10.2 Å². The summed E-state index contributed by atoms with van der Waals surface area (Å²) in [7, 11) is 0. The smallest absolute Gasteiger partial charge is 0.248 e. The minimum absolute atomic E-state index is 0.0719. The number of rotatable bonds is 3. The zero-order valence-electron chi connectivity index (χ0n) is 13.9. The summed E-state index contributed by atoms with van der Waals surface area (Å²) >= 11 is 0. The zero-order valence-corrected chi connectivity index (χ0v) is 13.9. The summed E-state index contributed by atoms with van der Waals surface area (Å²) in [5, 5.41) is 17.4. The van der Waals surface area contributed by atoms with Crippen molar-refractivity contribution in [3.63, 3.8) is 0 Å². The van der Waals surface area contributed by atoms with Crippen molar-refractivity contribution in [3.05, 3.63) is 59.2 Å². The van der Waals surface area contributed by atoms with Crippen LogP contribution >= 0.6 is 0 Å². The molecule has 0 spiro atoms. The molecule has 26 heavy (non-hydrogen) atoms. The van der Waals surface area contributed by atoms with E-state index in [4.69, 9.17) is 10.2 Å². The molecule has 1 heterocycles. The van der Waals surface area contributed by atoms with Gasteiger partial charge in [-0.2, -0.15) is 0 Å². The van der Waals surface area contributed by atoms with E-state index in [1.54, 1.807) is 0 Å². The first-order valence-corrected chi connectivity index (χ1v) is 8.28. The molecule has 1 aliphatic carbocycles. The molecule has 0 amide bonds. The van der Waals surface area contributed by atoms with Crippen molar-refractivity contribution in [1.82, 2.24) is 10.2 Å². The lowest BCUT2D eigenvalue weighted by Crippen LogP contribution is -2.48. The minimum Gasteiger partial charge on any atom is -0.416 e. The molecule has 2 aromatic carbocycles. The van der Waals surface area contributed by atoms with E-state index in [1.165, 1.54) is 11.6 Å². The lowest BCUT2D eigenvalue weighted by molar-refractivity contribution is 0.181. The van der Waals surface area contributed by atoms with Gasteiger partial charge in [0, 0.05) is 16.7 Å². The fourth-order valence-corrected chi connectivity index (χ4v) is 3.24. The Balaban J connectivity index is 1.66. The highest BCUT2D eigenvalue weighted by Gasteiger charge is 2.30. The molecule has 0 radical (unpaired) electrons. The molecule has 1 aromatic heterocycles. The number of aliphatic hydroxyl groups is 1. The third-order valence-corrected chi connectivity index (χ3v) is 4.79. The van der Waals surface area contributed by atoms with Gasteiger partial charge in [0.25, 0.3) is 0 Å². The molecular formula is C19H17F2N3O2. The second-order valence-corrected chi connectivity index (χ2v) is 6.72. The van der Waals surface area contributed by atoms with Gasteiger partial charge in [-0.1, -0.05) is 6.07 Å². The first kappa shape index (κ1) is 16.8. The van der Waals surface area contributed by atoms with E-state index in [1.807, 2.05) is 18.2 Å². The molecule has 0 aliphatic heterocycles. The Labute approximate surface area is 148 Å². The van der Waals surface area contributed by atoms with Crippen LogP contribution in [0.1, 0.15) is 17.5 Å². The van der Waals surface area contributed by atoms with Crippen LogP contribution in [0.2, 0.25) is 0 Å². The number of nitrogens with two attached hydrogens (primary N) is 1. The molecule has 0 bridgehead atoms. The number of nitrogens with zero attached hydrogens (tertiary/aromatic N) is 2. The van der Waals surface area contributed by atoms with Crippen molar-refractivity contribution in [1.29, 1.82) is 0 Å². The molecule has 3 N–H and O–H groups in total. The van der Waals surface area contributed by atoms with Crippen molar-refractivity contribution in [2.75, 3.05) is 6.61 Å². The van der Waals surface area contributed by atoms with E-state index in [9.17, 15) is 13.9 Å². The predicted molar refractivity (Wildman–Crippen MR) is 91.1 cm³/mol. The van der Waals surface area contributed by atoms with Crippen LogP contribution in [0.25, 0.3) is 22.9 Å². The molecule has 0 saturated heterocycles. The van der Waals surface area contributed by atoms with Crippen LogP contribution in [0, 0.1) is 11.6 Å². The summed E-state index contributed by atoms with van der Waals surface area (Å²) in [6.07, 6.45) is 2.10. The summed E-state index contributed by atoms with van der Waals surface area (Å²) in [6.45, 7) is -0.0719. The van der Waals surface area contributed by atoms with Crippen molar-refractivity contribution in [2.45, 2.75) is 24.8 Å². The molecule has 134 valence electrons. The highest BCUT2D eigenvalue weighted by Crippen LogP contribution is 2.31. The number of hydrogen-bond acceptors (Lipinski definition) is 5. The maximum Gasteiger partial charge on any atom is 0.248 e. The third-order valence-electron chi connectivity index (χ3n) is 4.79. The van der Waals surface area contributed by atoms with Crippen molar-refractivity contribution >= 4 is 0 Å². The summed E-state index contributed by atoms with van der Waals surface area (Å²) < 4.78 is 32.1. The van der Waals surface area contributed by atoms with Gasteiger partial charge in [0.15, 0.2) is 11.6 Å². The van der Waals surface area contributed by atoms with Gasteiger partial charge < -0.3 is 15.3 Å². The van der Waals surface area contributed by atoms with Crippen LogP contribution < -0.4 is 5.73 Å². The molecule has 3 aromatic rings. The number of benzene rings is 2. The molecule has 1 aliphatic rings. The van der Waals surface area contributed by atoms with Gasteiger partial charge in [-0.05, 0) is 60.7 Å². The Kier molecular flexibility index (Phi) is 4.05. The molecular weight excluding hydrogens is 340 g/mol. The molecule has 0 fully saturated rings. The number of hydrogen-bond donors (Lipinski definition) is 2. The van der Waals surface area contributed by atoms with Crippen molar-refractivity contribution < 1.29 is 18.3 Å². The summed E-state index contributed by atoms with van der Waals surface area (Å²) in [4.78, 5) is 0. The van der Waals surface area contributed by atoms with Gasteiger partial charge in [0.1, 0.15) is 0 Å². The maximum absolute atomic E-state index is 13.4. The topological polar surface area (TPSA) is 85.2 Å². The molecule has 7 heteroatoms. The monoisotopic (exact) mass is 357 g/mol. The van der Waals surface area contributed by atoms with E-state index in [-0.39, 0.29) is 18.4 Å². The molecule has 0 unspecified atom stereocenters. The van der Waals surface area contributed by atoms with Crippen molar-refractivity contribution in [2.24, 2.45) is 5.73 Å². The average Bonchev–Trinajstić information content (AvgIpc) is 3.13. The molecule has 0 saturated carbocycles. The third kappa shape index (κ3) is 3.00. The zero-order chi connectivity index (χ0) is 18.3. The highest BCUT2D eigenvalue weighted by molar-refractivity contribution is 5.59. The lowest BCUT2D eigenvalue weighted by Gasteiger charge is -2.33. The Bertz CT molecular complexity index is 973. The number of aryl methyl sites for hydroxylation is 1. The van der Waals surface area contributed by atoms with Gasteiger partial charge >= 0.3 is 0 Å². The second kappa shape index (κ2) is 6.26. The Morgan fingerprint density at radius 1 is 1.00 bits per heavy atom. The van der Waals surface area contributed by atoms with Crippen LogP contribution in [0.4, 0.5) is 8.78 Å². The quantitative estimate of drug-likeness (QED) is 0.753. The first-order valence-electron chi connectivity index (χ1n) is 8.28. The number of aliphatic hydroxyl groups excluding tert-OH is 1. The highest BCUT2D eigenvalue weighted by atomic mass is 19.2. The van der Waals surface area contributed by atoms with Crippen molar-refractivity contribution in [3.8, 4) is 22.9 Å². The summed E-state index contributed by atoms with van der Waals surface area (Å²) in [5.74, 6) is -1.51. The standard InChI is InChI=1S/C19H17F2N3O2/c20-15-4-3-13(8-16(15)21)18-24-23-17(26-18)12-2-1-11-5-6-19(22,10-25)9-14(11)7-12/h1-4,7-8,25H,5-6,9-10,22H2/t19-/m0/s1. The fourth-order valence-electron chi connectivity index (χ4n) is 3.24. The van der Waals surface area contributed by atoms with Crippen LogP contribution in [-0.2, 0) is 12.8 Å². The van der Waals surface area contributed by atoms with E-state index in [0.29, 0.717) is 17.5 Å². The normalized spacial score (nSPS) is 19.4. The van der Waals surface area contributed by atoms with Gasteiger partial charge in [-0.3, -0.25) is 0 Å². The molecule has 4 rings (SSSR count). The minimum atomic E-state index is -0.973. The Hall–Kier alpha value is -2.64. The van der Waals surface area contributed by atoms with E-state index >= 15 is 0 Å². The van der Waals surface area contributed by atoms with E-state index in [0.717, 1.165) is 30.5 Å². The lowest BCUT2D eigenvalue weighted by atomic mass is 9.78. The Morgan fingerprint density at radius 3 is 2.38 bits per heavy atom. The van der Waals surface area contributed by atoms with Crippen LogP contribution in [0.3, 0.4) is 0 Å². The summed E-state index contributed by atoms with van der Waals surface area (Å²) in [6, 6.07) is 9.21. The largest absolute Gasteiger partial charge is 0.416 e. The SMILES string of the molecule is N[C@@]1(CO)CCc2ccc(-c3nnc(-c4ccc(F)c(F)c4)o3)cc2C1. The molecule has 5 nitrogen and oxygen atoms in total. The van der Waals surface area contributed by atoms with E-state index < -0.39 is 17.2 Å².